The predicted octanol–water partition coefficient (Wildman–Crippen LogP) is 13.4. The molecule has 0 atom stereocenters. The van der Waals surface area contributed by atoms with Crippen LogP contribution in [0.5, 0.6) is 0 Å². The van der Waals surface area contributed by atoms with Gasteiger partial charge < -0.3 is 8.98 Å². The standard InChI is InChI=1S/C47H28N2OS/c1-3-13-29(14-4-1)30-27-39(36-21-11-19-33-32-17-8-10-24-43(32)50-45(33)36)48-40(28-30)37-22-12-20-34-35-25-26-42-44(47(35)51-46(34)37)38-18-7-9-23-41(38)49(42)31-15-5-2-6-16-31/h1-28H. The van der Waals surface area contributed by atoms with Crippen molar-refractivity contribution in [1.29, 1.82) is 0 Å². The van der Waals surface area contributed by atoms with Gasteiger partial charge in [0.2, 0.25) is 0 Å². The molecule has 0 radical (unpaired) electrons. The van der Waals surface area contributed by atoms with Gasteiger partial charge in [0, 0.05) is 58.5 Å². The molecule has 4 heterocycles. The Bertz CT molecular complexity index is 3130. The van der Waals surface area contributed by atoms with Crippen molar-refractivity contribution >= 4 is 75.3 Å². The molecule has 0 spiro atoms. The number of rotatable bonds is 4. The van der Waals surface area contributed by atoms with Crippen molar-refractivity contribution in [2.45, 2.75) is 0 Å². The van der Waals surface area contributed by atoms with E-state index < -0.39 is 0 Å². The summed E-state index contributed by atoms with van der Waals surface area (Å²) in [4.78, 5) is 5.44. The summed E-state index contributed by atoms with van der Waals surface area (Å²) in [5.74, 6) is 0. The fraction of sp³-hybridized carbons (Fsp3) is 0. The Morgan fingerprint density at radius 1 is 0.451 bits per heavy atom. The van der Waals surface area contributed by atoms with Crippen molar-refractivity contribution in [3.8, 4) is 39.3 Å². The van der Waals surface area contributed by atoms with Crippen molar-refractivity contribution in [3.05, 3.63) is 170 Å². The highest BCUT2D eigenvalue weighted by atomic mass is 32.1. The molecule has 4 aromatic heterocycles. The lowest BCUT2D eigenvalue weighted by atomic mass is 9.98. The zero-order valence-electron chi connectivity index (χ0n) is 27.4. The topological polar surface area (TPSA) is 31.0 Å². The van der Waals surface area contributed by atoms with E-state index >= 15 is 0 Å². The number of fused-ring (bicyclic) bond motifs is 10. The monoisotopic (exact) mass is 668 g/mol. The van der Waals surface area contributed by atoms with Crippen molar-refractivity contribution in [2.24, 2.45) is 0 Å². The molecule has 0 aliphatic heterocycles. The molecule has 0 saturated carbocycles. The zero-order chi connectivity index (χ0) is 33.5. The lowest BCUT2D eigenvalue weighted by Crippen LogP contribution is -1.92. The van der Waals surface area contributed by atoms with E-state index in [2.05, 4.69) is 162 Å². The van der Waals surface area contributed by atoms with E-state index in [9.17, 15) is 0 Å². The maximum Gasteiger partial charge on any atom is 0.144 e. The third-order valence-electron chi connectivity index (χ3n) is 10.2. The van der Waals surface area contributed by atoms with Crippen LogP contribution < -0.4 is 0 Å². The van der Waals surface area contributed by atoms with Crippen LogP contribution in [0, 0.1) is 0 Å². The van der Waals surface area contributed by atoms with Crippen LogP contribution in [0.15, 0.2) is 174 Å². The maximum atomic E-state index is 6.51. The first kappa shape index (κ1) is 28.4. The molecule has 51 heavy (non-hydrogen) atoms. The largest absolute Gasteiger partial charge is 0.455 e. The van der Waals surface area contributed by atoms with Crippen molar-refractivity contribution in [2.75, 3.05) is 0 Å². The van der Waals surface area contributed by atoms with Crippen LogP contribution in [0.3, 0.4) is 0 Å². The number of pyridine rings is 1. The lowest BCUT2D eigenvalue weighted by molar-refractivity contribution is 0.670. The molecule has 0 aliphatic rings. The second-order valence-corrected chi connectivity index (χ2v) is 14.1. The minimum absolute atomic E-state index is 0.861. The molecular weight excluding hydrogens is 641 g/mol. The summed E-state index contributed by atoms with van der Waals surface area (Å²) >= 11 is 1.87. The lowest BCUT2D eigenvalue weighted by Gasteiger charge is -2.11. The molecule has 0 fully saturated rings. The van der Waals surface area contributed by atoms with Gasteiger partial charge in [0.15, 0.2) is 0 Å². The van der Waals surface area contributed by atoms with Crippen LogP contribution in [0.1, 0.15) is 0 Å². The van der Waals surface area contributed by atoms with Crippen molar-refractivity contribution in [1.82, 2.24) is 9.55 Å². The zero-order valence-corrected chi connectivity index (χ0v) is 28.2. The third-order valence-corrected chi connectivity index (χ3v) is 11.5. The van der Waals surface area contributed by atoms with Crippen molar-refractivity contribution < 1.29 is 4.42 Å². The number of hydrogen-bond donors (Lipinski definition) is 0. The summed E-state index contributed by atoms with van der Waals surface area (Å²) in [6.45, 7) is 0. The Hall–Kier alpha value is -6.49. The summed E-state index contributed by atoms with van der Waals surface area (Å²) in [6, 6.07) is 60.4. The van der Waals surface area contributed by atoms with Crippen LogP contribution >= 0.6 is 11.3 Å². The van der Waals surface area contributed by atoms with Gasteiger partial charge in [-0.05, 0) is 59.7 Å². The Kier molecular flexibility index (Phi) is 6.12. The number of thiophene rings is 1. The molecule has 0 unspecified atom stereocenters. The highest BCUT2D eigenvalue weighted by Gasteiger charge is 2.20. The van der Waals surface area contributed by atoms with E-state index in [0.717, 1.165) is 55.6 Å². The maximum absolute atomic E-state index is 6.51. The quantitative estimate of drug-likeness (QED) is 0.187. The fourth-order valence-corrected chi connectivity index (χ4v) is 9.30. The Balaban J connectivity index is 1.19. The summed E-state index contributed by atoms with van der Waals surface area (Å²) < 4.78 is 11.4. The second kappa shape index (κ2) is 11.0. The SMILES string of the molecule is c1ccc(-c2cc(-c3cccc4c3oc3ccccc34)nc(-c3cccc4c3sc3c4ccc4c3c3ccccc3n4-c3ccccc3)c2)cc1. The molecule has 238 valence electrons. The summed E-state index contributed by atoms with van der Waals surface area (Å²) in [5.41, 5.74) is 11.6. The molecular formula is C47H28N2OS. The van der Waals surface area contributed by atoms with Crippen LogP contribution in [0.4, 0.5) is 0 Å². The molecule has 0 aliphatic carbocycles. The number of benzene rings is 7. The third kappa shape index (κ3) is 4.27. The first-order valence-corrected chi connectivity index (χ1v) is 18.0. The van der Waals surface area contributed by atoms with E-state index in [0.29, 0.717) is 0 Å². The van der Waals surface area contributed by atoms with Crippen LogP contribution in [0.2, 0.25) is 0 Å². The number of nitrogens with zero attached hydrogens (tertiary/aromatic N) is 2. The highest BCUT2D eigenvalue weighted by Crippen LogP contribution is 2.46. The summed E-state index contributed by atoms with van der Waals surface area (Å²) in [5, 5.41) is 7.29. The van der Waals surface area contributed by atoms with E-state index in [1.54, 1.807) is 0 Å². The average Bonchev–Trinajstić information content (AvgIpc) is 3.88. The Morgan fingerprint density at radius 2 is 1.10 bits per heavy atom. The van der Waals surface area contributed by atoms with E-state index in [4.69, 9.17) is 9.40 Å². The van der Waals surface area contributed by atoms with Crippen LogP contribution in [-0.4, -0.2) is 9.55 Å². The van der Waals surface area contributed by atoms with Gasteiger partial charge in [0.25, 0.3) is 0 Å². The fourth-order valence-electron chi connectivity index (χ4n) is 7.92. The van der Waals surface area contributed by atoms with Gasteiger partial charge in [0.1, 0.15) is 11.2 Å². The molecule has 4 heteroatoms. The average molecular weight is 669 g/mol. The molecule has 11 rings (SSSR count). The van der Waals surface area contributed by atoms with E-state index in [1.807, 2.05) is 23.5 Å². The highest BCUT2D eigenvalue weighted by molar-refractivity contribution is 7.27. The van der Waals surface area contributed by atoms with Gasteiger partial charge >= 0.3 is 0 Å². The molecule has 3 nitrogen and oxygen atoms in total. The van der Waals surface area contributed by atoms with Gasteiger partial charge in [-0.2, -0.15) is 0 Å². The summed E-state index contributed by atoms with van der Waals surface area (Å²) in [6.07, 6.45) is 0. The van der Waals surface area contributed by atoms with E-state index in [1.165, 1.54) is 47.7 Å². The van der Waals surface area contributed by atoms with Gasteiger partial charge in [-0.1, -0.05) is 121 Å². The van der Waals surface area contributed by atoms with Gasteiger partial charge in [-0.3, -0.25) is 0 Å². The first-order chi connectivity index (χ1) is 25.3. The molecule has 0 amide bonds. The Labute approximate surface area is 297 Å². The van der Waals surface area contributed by atoms with Crippen LogP contribution in [-0.2, 0) is 0 Å². The van der Waals surface area contributed by atoms with E-state index in [-0.39, 0.29) is 0 Å². The minimum Gasteiger partial charge on any atom is -0.455 e. The van der Waals surface area contributed by atoms with Crippen LogP contribution in [0.25, 0.3) is 103 Å². The first-order valence-electron chi connectivity index (χ1n) is 17.2. The molecule has 7 aromatic carbocycles. The minimum atomic E-state index is 0.861. The molecule has 0 bridgehead atoms. The van der Waals surface area contributed by atoms with Crippen molar-refractivity contribution in [3.63, 3.8) is 0 Å². The number of para-hydroxylation sites is 4. The predicted molar refractivity (Wildman–Crippen MR) is 215 cm³/mol. The molecule has 0 saturated heterocycles. The molecule has 11 aromatic rings. The normalized spacial score (nSPS) is 11.9. The summed E-state index contributed by atoms with van der Waals surface area (Å²) in [7, 11) is 0. The Morgan fingerprint density at radius 3 is 1.94 bits per heavy atom. The molecule has 0 N–H and O–H groups in total. The van der Waals surface area contributed by atoms with Gasteiger partial charge in [-0.15, -0.1) is 11.3 Å². The second-order valence-electron chi connectivity index (χ2n) is 13.1. The van der Waals surface area contributed by atoms with Gasteiger partial charge in [-0.25, -0.2) is 4.98 Å². The smallest absolute Gasteiger partial charge is 0.144 e. The number of furan rings is 1. The van der Waals surface area contributed by atoms with Gasteiger partial charge in [0.05, 0.1) is 22.4 Å². The number of aromatic nitrogens is 2. The number of hydrogen-bond acceptors (Lipinski definition) is 3.